The molecule has 0 aliphatic rings. The van der Waals surface area contributed by atoms with E-state index in [0.717, 1.165) is 19.5 Å². The average molecular weight is 237 g/mol. The maximum absolute atomic E-state index is 8.50. The van der Waals surface area contributed by atoms with Gasteiger partial charge in [0.05, 0.1) is 19.8 Å². The minimum atomic E-state index is 0.108. The van der Waals surface area contributed by atoms with Crippen LogP contribution in [0.1, 0.15) is 18.4 Å². The molecule has 0 aromatic heterocycles. The lowest BCUT2D eigenvalue weighted by atomic mass is 10.1. The zero-order chi connectivity index (χ0) is 12.2. The number of hydrogen-bond acceptors (Lipinski definition) is 3. The van der Waals surface area contributed by atoms with E-state index in [1.54, 1.807) is 0 Å². The molecule has 0 bridgehead atoms. The number of aliphatic hydroxyl groups is 1. The summed E-state index contributed by atoms with van der Waals surface area (Å²) in [6.07, 6.45) is 3.56. The fourth-order valence-electron chi connectivity index (χ4n) is 1.66. The first kappa shape index (κ1) is 14.2. The van der Waals surface area contributed by atoms with Crippen molar-refractivity contribution in [3.05, 3.63) is 35.9 Å². The van der Waals surface area contributed by atoms with Crippen molar-refractivity contribution in [3.63, 3.8) is 0 Å². The van der Waals surface area contributed by atoms with E-state index in [1.807, 2.05) is 0 Å². The maximum atomic E-state index is 8.50. The van der Waals surface area contributed by atoms with Crippen molar-refractivity contribution in [1.29, 1.82) is 0 Å². The summed E-state index contributed by atoms with van der Waals surface area (Å²) in [5, 5.41) is 11.8. The van der Waals surface area contributed by atoms with Crippen LogP contribution < -0.4 is 5.32 Å². The number of nitrogens with one attached hydrogen (secondary N) is 1. The largest absolute Gasteiger partial charge is 0.394 e. The molecule has 3 heteroatoms. The molecule has 0 amide bonds. The van der Waals surface area contributed by atoms with Gasteiger partial charge in [0, 0.05) is 6.54 Å². The van der Waals surface area contributed by atoms with E-state index in [4.69, 9.17) is 9.84 Å². The van der Waals surface area contributed by atoms with Gasteiger partial charge in [-0.1, -0.05) is 30.3 Å². The Balaban J connectivity index is 1.85. The van der Waals surface area contributed by atoms with E-state index in [2.05, 4.69) is 35.6 Å². The average Bonchev–Trinajstić information content (AvgIpc) is 2.38. The fraction of sp³-hybridized carbons (Fsp3) is 0.571. The summed E-state index contributed by atoms with van der Waals surface area (Å²) in [4.78, 5) is 0. The number of aliphatic hydroxyl groups excluding tert-OH is 1. The van der Waals surface area contributed by atoms with Crippen LogP contribution in [0.25, 0.3) is 0 Å². The Morgan fingerprint density at radius 1 is 1.00 bits per heavy atom. The van der Waals surface area contributed by atoms with E-state index in [0.29, 0.717) is 13.2 Å². The smallest absolute Gasteiger partial charge is 0.0698 e. The summed E-state index contributed by atoms with van der Waals surface area (Å²) < 4.78 is 5.15. The molecule has 1 rings (SSSR count). The summed E-state index contributed by atoms with van der Waals surface area (Å²) >= 11 is 0. The van der Waals surface area contributed by atoms with Gasteiger partial charge in [0.25, 0.3) is 0 Å². The van der Waals surface area contributed by atoms with Crippen LogP contribution in [0, 0.1) is 0 Å². The highest BCUT2D eigenvalue weighted by atomic mass is 16.5. The quantitative estimate of drug-likeness (QED) is 0.607. The normalized spacial score (nSPS) is 10.6. The van der Waals surface area contributed by atoms with E-state index < -0.39 is 0 Å². The van der Waals surface area contributed by atoms with Crippen molar-refractivity contribution >= 4 is 0 Å². The first-order chi connectivity index (χ1) is 8.43. The van der Waals surface area contributed by atoms with Gasteiger partial charge in [-0.05, 0) is 31.4 Å². The molecule has 0 heterocycles. The molecular formula is C14H23NO2. The Hall–Kier alpha value is -0.900. The fourth-order valence-corrected chi connectivity index (χ4v) is 1.66. The molecule has 0 atom stereocenters. The summed E-state index contributed by atoms with van der Waals surface area (Å²) in [5.41, 5.74) is 1.42. The molecule has 0 saturated carbocycles. The predicted octanol–water partition coefficient (Wildman–Crippen LogP) is 1.61. The molecular weight excluding hydrogens is 214 g/mol. The standard InChI is InChI=1S/C14H23NO2/c16-11-13-17-12-10-15-9-5-4-8-14-6-2-1-3-7-14/h1-3,6-7,15-16H,4-5,8-13H2. The molecule has 0 unspecified atom stereocenters. The highest BCUT2D eigenvalue weighted by Crippen LogP contribution is 2.03. The van der Waals surface area contributed by atoms with Crippen LogP contribution in [-0.4, -0.2) is 38.0 Å². The Morgan fingerprint density at radius 2 is 1.82 bits per heavy atom. The second-order valence-electron chi connectivity index (χ2n) is 4.03. The van der Waals surface area contributed by atoms with Crippen molar-refractivity contribution in [3.8, 4) is 0 Å². The van der Waals surface area contributed by atoms with Crippen LogP contribution in [0.3, 0.4) is 0 Å². The molecule has 1 aromatic rings. The van der Waals surface area contributed by atoms with Crippen LogP contribution in [0.2, 0.25) is 0 Å². The molecule has 0 aliphatic heterocycles. The minimum Gasteiger partial charge on any atom is -0.394 e. The first-order valence-electron chi connectivity index (χ1n) is 6.36. The Bertz CT molecular complexity index is 264. The van der Waals surface area contributed by atoms with Crippen LogP contribution >= 0.6 is 0 Å². The SMILES string of the molecule is OCCOCCNCCCCc1ccccc1. The van der Waals surface area contributed by atoms with Gasteiger partial charge < -0.3 is 15.2 Å². The van der Waals surface area contributed by atoms with Crippen molar-refractivity contribution in [2.45, 2.75) is 19.3 Å². The Labute approximate surface area is 104 Å². The van der Waals surface area contributed by atoms with Gasteiger partial charge in [-0.25, -0.2) is 0 Å². The topological polar surface area (TPSA) is 41.5 Å². The summed E-state index contributed by atoms with van der Waals surface area (Å²) in [6.45, 7) is 3.13. The number of benzene rings is 1. The second kappa shape index (κ2) is 10.3. The zero-order valence-electron chi connectivity index (χ0n) is 10.4. The molecule has 17 heavy (non-hydrogen) atoms. The van der Waals surface area contributed by atoms with E-state index >= 15 is 0 Å². The van der Waals surface area contributed by atoms with E-state index in [1.165, 1.54) is 18.4 Å². The van der Waals surface area contributed by atoms with E-state index in [9.17, 15) is 0 Å². The number of ether oxygens (including phenoxy) is 1. The van der Waals surface area contributed by atoms with Crippen LogP contribution in [-0.2, 0) is 11.2 Å². The lowest BCUT2D eigenvalue weighted by Crippen LogP contribution is -2.21. The number of unbranched alkanes of at least 4 members (excludes halogenated alkanes) is 1. The molecule has 0 aliphatic carbocycles. The van der Waals surface area contributed by atoms with Crippen LogP contribution in [0.5, 0.6) is 0 Å². The lowest BCUT2D eigenvalue weighted by molar-refractivity contribution is 0.0939. The second-order valence-corrected chi connectivity index (χ2v) is 4.03. The third kappa shape index (κ3) is 7.91. The third-order valence-electron chi connectivity index (χ3n) is 2.57. The van der Waals surface area contributed by atoms with Crippen LogP contribution in [0.15, 0.2) is 30.3 Å². The van der Waals surface area contributed by atoms with Gasteiger partial charge in [0.1, 0.15) is 0 Å². The highest BCUT2D eigenvalue weighted by molar-refractivity contribution is 5.14. The monoisotopic (exact) mass is 237 g/mol. The van der Waals surface area contributed by atoms with Gasteiger partial charge in [0.2, 0.25) is 0 Å². The number of aryl methyl sites for hydroxylation is 1. The molecule has 96 valence electrons. The molecule has 1 aromatic carbocycles. The lowest BCUT2D eigenvalue weighted by Gasteiger charge is -2.05. The Kier molecular flexibility index (Phi) is 8.55. The van der Waals surface area contributed by atoms with E-state index in [-0.39, 0.29) is 6.61 Å². The van der Waals surface area contributed by atoms with Crippen LogP contribution in [0.4, 0.5) is 0 Å². The summed E-state index contributed by atoms with van der Waals surface area (Å²) in [7, 11) is 0. The van der Waals surface area contributed by atoms with Gasteiger partial charge in [-0.15, -0.1) is 0 Å². The number of rotatable bonds is 10. The van der Waals surface area contributed by atoms with Crippen molar-refractivity contribution in [2.75, 3.05) is 32.9 Å². The minimum absolute atomic E-state index is 0.108. The van der Waals surface area contributed by atoms with Crippen molar-refractivity contribution in [1.82, 2.24) is 5.32 Å². The maximum Gasteiger partial charge on any atom is 0.0698 e. The molecule has 3 nitrogen and oxygen atoms in total. The molecule has 0 spiro atoms. The highest BCUT2D eigenvalue weighted by Gasteiger charge is 1.92. The van der Waals surface area contributed by atoms with Gasteiger partial charge >= 0.3 is 0 Å². The van der Waals surface area contributed by atoms with Crippen molar-refractivity contribution < 1.29 is 9.84 Å². The van der Waals surface area contributed by atoms with Gasteiger partial charge in [-0.3, -0.25) is 0 Å². The number of hydrogen-bond donors (Lipinski definition) is 2. The molecule has 0 saturated heterocycles. The summed E-state index contributed by atoms with van der Waals surface area (Å²) in [6, 6.07) is 10.6. The van der Waals surface area contributed by atoms with Gasteiger partial charge in [0.15, 0.2) is 0 Å². The molecule has 2 N–H and O–H groups in total. The van der Waals surface area contributed by atoms with Crippen molar-refractivity contribution in [2.24, 2.45) is 0 Å². The third-order valence-corrected chi connectivity index (χ3v) is 2.57. The molecule has 0 fully saturated rings. The zero-order valence-corrected chi connectivity index (χ0v) is 10.4. The molecule has 0 radical (unpaired) electrons. The first-order valence-corrected chi connectivity index (χ1v) is 6.36. The summed E-state index contributed by atoms with van der Waals surface area (Å²) in [5.74, 6) is 0. The Morgan fingerprint density at radius 3 is 2.59 bits per heavy atom. The predicted molar refractivity (Wildman–Crippen MR) is 70.2 cm³/mol. The van der Waals surface area contributed by atoms with Gasteiger partial charge in [-0.2, -0.15) is 0 Å².